The van der Waals surface area contributed by atoms with Crippen LogP contribution in [0.15, 0.2) is 30.3 Å². The lowest BCUT2D eigenvalue weighted by Gasteiger charge is -2.44. The van der Waals surface area contributed by atoms with Crippen LogP contribution in [0.5, 0.6) is 5.75 Å². The number of carbonyl (C=O) groups is 3. The highest BCUT2D eigenvalue weighted by Gasteiger charge is 2.72. The van der Waals surface area contributed by atoms with Crippen LogP contribution < -0.4 is 4.74 Å². The second-order valence-corrected chi connectivity index (χ2v) is 7.88. The first kappa shape index (κ1) is 16.6. The fourth-order valence-corrected chi connectivity index (χ4v) is 4.66. The molecule has 2 saturated heterocycles. The highest BCUT2D eigenvalue weighted by Crippen LogP contribution is 2.57. The van der Waals surface area contributed by atoms with Gasteiger partial charge in [0.05, 0.1) is 16.5 Å². The van der Waals surface area contributed by atoms with Crippen LogP contribution in [0.4, 0.5) is 0 Å². The summed E-state index contributed by atoms with van der Waals surface area (Å²) in [6, 6.07) is 8.65. The Morgan fingerprint density at radius 1 is 1.33 bits per heavy atom. The number of nitrogens with zero attached hydrogens (tertiary/aromatic N) is 1. The van der Waals surface area contributed by atoms with Gasteiger partial charge in [-0.05, 0) is 26.0 Å². The summed E-state index contributed by atoms with van der Waals surface area (Å²) < 4.78 is 9.65. The maximum atomic E-state index is 12.2. The number of hydrogen-bond acceptors (Lipinski definition) is 6. The summed E-state index contributed by atoms with van der Waals surface area (Å²) >= 11 is 1.32. The Hall–Kier alpha value is -2.22. The Labute approximate surface area is 142 Å². The minimum absolute atomic E-state index is 0.251. The maximum Gasteiger partial charge on any atom is 0.371 e. The fraction of sp³-hybridized carbons (Fsp3) is 0.438. The standard InChI is InChI=1S/C16H17NO6S/c1-15(2)16(14(20)21,17-11(18)8-12(17)24-15)23-13(19)9-22-10-6-4-3-5-7-10/h3-7,12H,8-9H2,1-2H3,(H,20,21)/t12-,16-/m1/s1. The summed E-state index contributed by atoms with van der Waals surface area (Å²) in [6.45, 7) is 2.87. The van der Waals surface area contributed by atoms with Gasteiger partial charge in [0.15, 0.2) is 6.61 Å². The van der Waals surface area contributed by atoms with Crippen LogP contribution in [0.3, 0.4) is 0 Å². The molecule has 1 amide bonds. The number of esters is 1. The van der Waals surface area contributed by atoms with E-state index in [-0.39, 0.29) is 17.7 Å². The number of hydrogen-bond donors (Lipinski definition) is 1. The SMILES string of the molecule is CC1(C)S[C@@H]2CC(=O)N2[C@@]1(OC(=O)COc1ccccc1)C(=O)O. The number of para-hydroxylation sites is 1. The van der Waals surface area contributed by atoms with E-state index in [1.54, 1.807) is 44.2 Å². The van der Waals surface area contributed by atoms with Gasteiger partial charge in [-0.1, -0.05) is 18.2 Å². The highest BCUT2D eigenvalue weighted by atomic mass is 32.2. The van der Waals surface area contributed by atoms with Gasteiger partial charge < -0.3 is 14.6 Å². The molecule has 3 rings (SSSR count). The number of amides is 1. The van der Waals surface area contributed by atoms with Crippen molar-refractivity contribution in [1.82, 2.24) is 4.90 Å². The van der Waals surface area contributed by atoms with Crippen molar-refractivity contribution in [3.63, 3.8) is 0 Å². The van der Waals surface area contributed by atoms with Crippen molar-refractivity contribution in [3.05, 3.63) is 30.3 Å². The van der Waals surface area contributed by atoms with Crippen LogP contribution in [-0.4, -0.2) is 50.3 Å². The average Bonchev–Trinajstić information content (AvgIpc) is 2.70. The zero-order valence-electron chi connectivity index (χ0n) is 13.2. The van der Waals surface area contributed by atoms with Gasteiger partial charge in [-0.25, -0.2) is 9.59 Å². The molecule has 0 bridgehead atoms. The van der Waals surface area contributed by atoms with E-state index in [4.69, 9.17) is 9.47 Å². The maximum absolute atomic E-state index is 12.2. The second-order valence-electron chi connectivity index (χ2n) is 6.08. The summed E-state index contributed by atoms with van der Waals surface area (Å²) in [6.07, 6.45) is 0.251. The molecule has 8 heteroatoms. The van der Waals surface area contributed by atoms with Crippen molar-refractivity contribution < 1.29 is 29.0 Å². The number of fused-ring (bicyclic) bond motifs is 1. The molecule has 0 spiro atoms. The van der Waals surface area contributed by atoms with Crippen LogP contribution in [0.2, 0.25) is 0 Å². The molecule has 2 heterocycles. The number of β-lactam (4-membered cyclic amide) rings is 1. The molecule has 0 aliphatic carbocycles. The third-order valence-electron chi connectivity index (χ3n) is 4.14. The molecule has 1 N–H and O–H groups in total. The van der Waals surface area contributed by atoms with Crippen LogP contribution >= 0.6 is 11.8 Å². The van der Waals surface area contributed by atoms with E-state index in [1.807, 2.05) is 0 Å². The lowest BCUT2D eigenvalue weighted by molar-refractivity contribution is -0.217. The Kier molecular flexibility index (Phi) is 3.95. The fourth-order valence-electron chi connectivity index (χ4n) is 3.00. The molecule has 0 unspecified atom stereocenters. The topological polar surface area (TPSA) is 93.1 Å². The van der Waals surface area contributed by atoms with Crippen molar-refractivity contribution in [2.45, 2.75) is 36.1 Å². The first-order valence-electron chi connectivity index (χ1n) is 7.41. The summed E-state index contributed by atoms with van der Waals surface area (Å²) in [5, 5.41) is 9.46. The zero-order valence-corrected chi connectivity index (χ0v) is 14.0. The van der Waals surface area contributed by atoms with Gasteiger partial charge in [0, 0.05) is 0 Å². The van der Waals surface area contributed by atoms with Crippen LogP contribution in [-0.2, 0) is 19.1 Å². The molecule has 0 saturated carbocycles. The average molecular weight is 351 g/mol. The van der Waals surface area contributed by atoms with Gasteiger partial charge in [-0.3, -0.25) is 9.69 Å². The molecule has 128 valence electrons. The van der Waals surface area contributed by atoms with Gasteiger partial charge in [0.25, 0.3) is 0 Å². The summed E-state index contributed by atoms with van der Waals surface area (Å²) in [7, 11) is 0. The molecule has 2 aliphatic heterocycles. The van der Waals surface area contributed by atoms with Crippen molar-refractivity contribution >= 4 is 29.6 Å². The molecule has 7 nitrogen and oxygen atoms in total. The van der Waals surface area contributed by atoms with Gasteiger partial charge in [-0.15, -0.1) is 11.8 Å². The molecule has 1 aromatic carbocycles. The van der Waals surface area contributed by atoms with E-state index < -0.39 is 29.0 Å². The Morgan fingerprint density at radius 3 is 2.58 bits per heavy atom. The second kappa shape index (κ2) is 5.70. The van der Waals surface area contributed by atoms with Crippen LogP contribution in [0, 0.1) is 0 Å². The monoisotopic (exact) mass is 351 g/mol. The quantitative estimate of drug-likeness (QED) is 0.634. The highest BCUT2D eigenvalue weighted by molar-refractivity contribution is 8.01. The molecule has 1 aromatic rings. The molecule has 2 fully saturated rings. The van der Waals surface area contributed by atoms with Crippen molar-refractivity contribution in [1.29, 1.82) is 0 Å². The van der Waals surface area contributed by atoms with Crippen LogP contribution in [0.25, 0.3) is 0 Å². The molecule has 2 aliphatic rings. The van der Waals surface area contributed by atoms with Gasteiger partial charge in [0.1, 0.15) is 5.75 Å². The number of ether oxygens (including phenoxy) is 2. The van der Waals surface area contributed by atoms with E-state index in [9.17, 15) is 19.5 Å². The lowest BCUT2D eigenvalue weighted by Crippen LogP contribution is -2.69. The molecular weight excluding hydrogens is 334 g/mol. The molecule has 0 radical (unpaired) electrons. The Bertz CT molecular complexity index is 691. The third-order valence-corrected chi connectivity index (χ3v) is 5.66. The van der Waals surface area contributed by atoms with E-state index in [1.165, 1.54) is 11.8 Å². The van der Waals surface area contributed by atoms with Gasteiger partial charge >= 0.3 is 17.7 Å². The summed E-state index contributed by atoms with van der Waals surface area (Å²) in [5.41, 5.74) is -2.02. The molecule has 24 heavy (non-hydrogen) atoms. The van der Waals surface area contributed by atoms with Gasteiger partial charge in [-0.2, -0.15) is 0 Å². The van der Waals surface area contributed by atoms with E-state index >= 15 is 0 Å². The van der Waals surface area contributed by atoms with Crippen LogP contribution in [0.1, 0.15) is 20.3 Å². The van der Waals surface area contributed by atoms with E-state index in [0.717, 1.165) is 4.90 Å². The normalized spacial score (nSPS) is 27.2. The van der Waals surface area contributed by atoms with E-state index in [2.05, 4.69) is 0 Å². The Balaban J connectivity index is 1.77. The number of benzene rings is 1. The first-order valence-corrected chi connectivity index (χ1v) is 8.29. The van der Waals surface area contributed by atoms with Crippen molar-refractivity contribution in [2.24, 2.45) is 0 Å². The largest absolute Gasteiger partial charge is 0.482 e. The number of carboxylic acids is 1. The predicted octanol–water partition coefficient (Wildman–Crippen LogP) is 1.47. The number of thioether (sulfide) groups is 1. The van der Waals surface area contributed by atoms with E-state index in [0.29, 0.717) is 5.75 Å². The zero-order chi connectivity index (χ0) is 17.5. The van der Waals surface area contributed by atoms with Crippen molar-refractivity contribution in [2.75, 3.05) is 6.61 Å². The first-order chi connectivity index (χ1) is 11.3. The smallest absolute Gasteiger partial charge is 0.371 e. The summed E-state index contributed by atoms with van der Waals surface area (Å²) in [5.74, 6) is -2.06. The number of rotatable bonds is 5. The minimum Gasteiger partial charge on any atom is -0.482 e. The van der Waals surface area contributed by atoms with Crippen molar-refractivity contribution in [3.8, 4) is 5.75 Å². The number of carboxylic acid groups (broad SMARTS) is 1. The summed E-state index contributed by atoms with van der Waals surface area (Å²) in [4.78, 5) is 37.2. The predicted molar refractivity (Wildman–Crippen MR) is 85.3 cm³/mol. The number of aliphatic carboxylic acids is 1. The number of carbonyl (C=O) groups excluding carboxylic acids is 2. The lowest BCUT2D eigenvalue weighted by atomic mass is 9.93. The molecule has 2 atom stereocenters. The Morgan fingerprint density at radius 2 is 2.00 bits per heavy atom. The third kappa shape index (κ3) is 2.41. The van der Waals surface area contributed by atoms with Gasteiger partial charge in [0.2, 0.25) is 5.91 Å². The molecular formula is C16H17NO6S. The minimum atomic E-state index is -2.02. The molecule has 0 aromatic heterocycles.